The number of carboxylic acid groups (broad SMARTS) is 1. The third kappa shape index (κ3) is 3.05. The lowest BCUT2D eigenvalue weighted by atomic mass is 10.1. The van der Waals surface area contributed by atoms with Gasteiger partial charge >= 0.3 is 5.97 Å². The first-order valence-corrected chi connectivity index (χ1v) is 8.84. The third-order valence-corrected chi connectivity index (χ3v) is 4.96. The Morgan fingerprint density at radius 2 is 1.96 bits per heavy atom. The van der Waals surface area contributed by atoms with E-state index in [9.17, 15) is 14.7 Å². The molecular weight excluding hydrogens is 344 g/mol. The van der Waals surface area contributed by atoms with Gasteiger partial charge in [0.25, 0.3) is 5.91 Å². The Balaban J connectivity index is 1.79. The van der Waals surface area contributed by atoms with Crippen LogP contribution in [0.3, 0.4) is 0 Å². The molecule has 0 bridgehead atoms. The van der Waals surface area contributed by atoms with Crippen LogP contribution in [0.15, 0.2) is 24.3 Å². The van der Waals surface area contributed by atoms with Crippen molar-refractivity contribution in [2.75, 3.05) is 5.32 Å². The number of aromatic nitrogens is 3. The molecule has 0 aliphatic heterocycles. The molecule has 7 heteroatoms. The Hall–Kier alpha value is -3.22. The number of benzene rings is 1. The zero-order valence-electron chi connectivity index (χ0n) is 15.4. The minimum absolute atomic E-state index is 0.131. The second-order valence-corrected chi connectivity index (χ2v) is 7.07. The average molecular weight is 364 g/mol. The van der Waals surface area contributed by atoms with Crippen LogP contribution in [0.1, 0.15) is 56.4 Å². The van der Waals surface area contributed by atoms with Gasteiger partial charge in [0, 0.05) is 24.3 Å². The fourth-order valence-corrected chi connectivity index (χ4v) is 3.31. The number of aryl methyl sites for hydroxylation is 3. The van der Waals surface area contributed by atoms with Gasteiger partial charge in [0.1, 0.15) is 0 Å². The summed E-state index contributed by atoms with van der Waals surface area (Å²) < 4.78 is 1.70. The van der Waals surface area contributed by atoms with Crippen LogP contribution in [-0.4, -0.2) is 31.7 Å². The molecule has 4 rings (SSSR count). The molecule has 0 atom stereocenters. The average Bonchev–Trinajstić information content (AvgIpc) is 3.43. The topological polar surface area (TPSA) is 97.1 Å². The zero-order chi connectivity index (χ0) is 19.3. The van der Waals surface area contributed by atoms with Crippen LogP contribution in [0.2, 0.25) is 0 Å². The lowest BCUT2D eigenvalue weighted by Crippen LogP contribution is -2.15. The van der Waals surface area contributed by atoms with Gasteiger partial charge in [0.15, 0.2) is 5.65 Å². The number of hydrogen-bond donors (Lipinski definition) is 2. The molecule has 2 aromatic heterocycles. The fourth-order valence-electron chi connectivity index (χ4n) is 3.31. The Morgan fingerprint density at radius 3 is 2.63 bits per heavy atom. The standard InChI is InChI=1S/C20H20N4O3/c1-10-4-5-13(20(26)27)8-15(10)22-19(25)14-9-16(12-6-7-12)21-18-17(14)11(2)23-24(18)3/h4-5,8-9,12H,6-7H2,1-3H3,(H,22,25)(H,26,27). The maximum atomic E-state index is 13.1. The smallest absolute Gasteiger partial charge is 0.335 e. The molecule has 1 saturated carbocycles. The summed E-state index contributed by atoms with van der Waals surface area (Å²) in [5.41, 5.74) is 4.27. The molecule has 2 N–H and O–H groups in total. The number of amides is 1. The number of nitrogens with one attached hydrogen (secondary N) is 1. The van der Waals surface area contributed by atoms with E-state index in [2.05, 4.69) is 10.4 Å². The molecular formula is C20H20N4O3. The van der Waals surface area contributed by atoms with Gasteiger partial charge in [-0.05, 0) is 50.5 Å². The monoisotopic (exact) mass is 364 g/mol. The molecule has 0 unspecified atom stereocenters. The Labute approximate surface area is 156 Å². The predicted octanol–water partition coefficient (Wildman–Crippen LogP) is 3.41. The number of anilines is 1. The van der Waals surface area contributed by atoms with E-state index in [-0.39, 0.29) is 11.5 Å². The van der Waals surface area contributed by atoms with Crippen molar-refractivity contribution in [3.63, 3.8) is 0 Å². The van der Waals surface area contributed by atoms with Crippen molar-refractivity contribution in [1.29, 1.82) is 0 Å². The van der Waals surface area contributed by atoms with E-state index >= 15 is 0 Å². The van der Waals surface area contributed by atoms with E-state index in [4.69, 9.17) is 4.98 Å². The summed E-state index contributed by atoms with van der Waals surface area (Å²) in [6, 6.07) is 6.53. The Morgan fingerprint density at radius 1 is 1.22 bits per heavy atom. The van der Waals surface area contributed by atoms with Crippen LogP contribution in [-0.2, 0) is 7.05 Å². The van der Waals surface area contributed by atoms with Gasteiger partial charge in [0.2, 0.25) is 0 Å². The van der Waals surface area contributed by atoms with Crippen LogP contribution in [0.4, 0.5) is 5.69 Å². The van der Waals surface area contributed by atoms with Crippen molar-refractivity contribution in [3.8, 4) is 0 Å². The largest absolute Gasteiger partial charge is 0.478 e. The molecule has 1 aliphatic rings. The van der Waals surface area contributed by atoms with Crippen molar-refractivity contribution in [2.24, 2.45) is 7.05 Å². The molecule has 0 spiro atoms. The first-order chi connectivity index (χ1) is 12.8. The third-order valence-electron chi connectivity index (χ3n) is 4.96. The number of pyridine rings is 1. The number of hydrogen-bond acceptors (Lipinski definition) is 4. The maximum Gasteiger partial charge on any atom is 0.335 e. The lowest BCUT2D eigenvalue weighted by Gasteiger charge is -2.11. The predicted molar refractivity (Wildman–Crippen MR) is 101 cm³/mol. The second kappa shape index (κ2) is 6.19. The number of fused-ring (bicyclic) bond motifs is 1. The molecule has 1 aromatic carbocycles. The highest BCUT2D eigenvalue weighted by Gasteiger charge is 2.28. The molecule has 0 saturated heterocycles. The molecule has 1 amide bonds. The SMILES string of the molecule is Cc1ccc(C(=O)O)cc1NC(=O)c1cc(C2CC2)nc2c1c(C)nn2C. The van der Waals surface area contributed by atoms with Crippen LogP contribution in [0, 0.1) is 13.8 Å². The molecule has 7 nitrogen and oxygen atoms in total. The molecule has 3 aromatic rings. The number of carbonyl (C=O) groups is 2. The fraction of sp³-hybridized carbons (Fsp3) is 0.300. The highest BCUT2D eigenvalue weighted by atomic mass is 16.4. The molecule has 2 heterocycles. The van der Waals surface area contributed by atoms with Gasteiger partial charge in [-0.15, -0.1) is 0 Å². The summed E-state index contributed by atoms with van der Waals surface area (Å²) >= 11 is 0. The Bertz CT molecular complexity index is 1100. The van der Waals surface area contributed by atoms with Crippen LogP contribution in [0.25, 0.3) is 11.0 Å². The highest BCUT2D eigenvalue weighted by Crippen LogP contribution is 2.40. The number of carbonyl (C=O) groups excluding carboxylic acids is 1. The highest BCUT2D eigenvalue weighted by molar-refractivity contribution is 6.13. The second-order valence-electron chi connectivity index (χ2n) is 7.07. The molecule has 0 radical (unpaired) electrons. The van der Waals surface area contributed by atoms with Gasteiger partial charge in [0.05, 0.1) is 22.2 Å². The normalized spacial score (nSPS) is 13.7. The van der Waals surface area contributed by atoms with E-state index in [0.29, 0.717) is 22.8 Å². The number of carboxylic acids is 1. The molecule has 1 fully saturated rings. The van der Waals surface area contributed by atoms with Gasteiger partial charge < -0.3 is 10.4 Å². The summed E-state index contributed by atoms with van der Waals surface area (Å²) in [4.78, 5) is 29.0. The lowest BCUT2D eigenvalue weighted by molar-refractivity contribution is 0.0696. The number of aromatic carboxylic acids is 1. The number of nitrogens with zero attached hydrogens (tertiary/aromatic N) is 3. The van der Waals surface area contributed by atoms with Crippen molar-refractivity contribution in [1.82, 2.24) is 14.8 Å². The maximum absolute atomic E-state index is 13.1. The molecule has 27 heavy (non-hydrogen) atoms. The molecule has 1 aliphatic carbocycles. The van der Waals surface area contributed by atoms with Gasteiger partial charge in [-0.2, -0.15) is 5.10 Å². The number of rotatable bonds is 4. The summed E-state index contributed by atoms with van der Waals surface area (Å²) in [5, 5.41) is 17.2. The molecule has 138 valence electrons. The minimum Gasteiger partial charge on any atom is -0.478 e. The van der Waals surface area contributed by atoms with Gasteiger partial charge in [-0.3, -0.25) is 9.48 Å². The van der Waals surface area contributed by atoms with Gasteiger partial charge in [-0.1, -0.05) is 6.07 Å². The summed E-state index contributed by atoms with van der Waals surface area (Å²) in [6.45, 7) is 3.68. The summed E-state index contributed by atoms with van der Waals surface area (Å²) in [6.07, 6.45) is 2.16. The van der Waals surface area contributed by atoms with E-state index in [1.165, 1.54) is 12.1 Å². The Kier molecular flexibility index (Phi) is 3.95. The van der Waals surface area contributed by atoms with Crippen molar-refractivity contribution >= 4 is 28.6 Å². The first-order valence-electron chi connectivity index (χ1n) is 8.84. The van der Waals surface area contributed by atoms with Crippen molar-refractivity contribution in [2.45, 2.75) is 32.6 Å². The summed E-state index contributed by atoms with van der Waals surface area (Å²) in [7, 11) is 1.82. The minimum atomic E-state index is -1.03. The van der Waals surface area contributed by atoms with E-state index in [1.807, 2.05) is 27.0 Å². The van der Waals surface area contributed by atoms with Crippen LogP contribution < -0.4 is 5.32 Å². The quantitative estimate of drug-likeness (QED) is 0.739. The van der Waals surface area contributed by atoms with E-state index in [0.717, 1.165) is 35.2 Å². The van der Waals surface area contributed by atoms with E-state index < -0.39 is 5.97 Å². The summed E-state index contributed by atoms with van der Waals surface area (Å²) in [5.74, 6) is -0.921. The van der Waals surface area contributed by atoms with Gasteiger partial charge in [-0.25, -0.2) is 9.78 Å². The van der Waals surface area contributed by atoms with Crippen LogP contribution >= 0.6 is 0 Å². The van der Waals surface area contributed by atoms with E-state index in [1.54, 1.807) is 10.7 Å². The van der Waals surface area contributed by atoms with Crippen molar-refractivity contribution < 1.29 is 14.7 Å². The van der Waals surface area contributed by atoms with Crippen LogP contribution in [0.5, 0.6) is 0 Å². The van der Waals surface area contributed by atoms with Crippen molar-refractivity contribution in [3.05, 3.63) is 52.3 Å². The first kappa shape index (κ1) is 17.2. The zero-order valence-corrected chi connectivity index (χ0v) is 15.4.